The second-order valence-electron chi connectivity index (χ2n) is 8.43. The standard InChI is InChI=1S/C24H27N3O5S/c1-15(2)19-14-33-21(25-19)5-3-16-7-9-27-20(11-16)26-23(32-13-17-8-10-31-12-17)18(24(27)30)4-6-22(28)29/h4,6-7,9,11,14-15,17H,3,5,8,10,12-13H2,1-2H3,(H,28,29). The van der Waals surface area contributed by atoms with Crippen molar-refractivity contribution < 1.29 is 19.4 Å². The van der Waals surface area contributed by atoms with Gasteiger partial charge >= 0.3 is 5.97 Å². The molecule has 0 spiro atoms. The van der Waals surface area contributed by atoms with E-state index in [4.69, 9.17) is 14.6 Å². The van der Waals surface area contributed by atoms with Gasteiger partial charge in [0.15, 0.2) is 0 Å². The summed E-state index contributed by atoms with van der Waals surface area (Å²) in [5, 5.41) is 12.2. The average Bonchev–Trinajstić information content (AvgIpc) is 3.47. The van der Waals surface area contributed by atoms with Crippen LogP contribution >= 0.6 is 11.3 Å². The maximum atomic E-state index is 13.1. The molecule has 1 aliphatic heterocycles. The van der Waals surface area contributed by atoms with Gasteiger partial charge in [-0.1, -0.05) is 13.8 Å². The van der Waals surface area contributed by atoms with E-state index in [2.05, 4.69) is 29.2 Å². The number of rotatable bonds is 9. The molecule has 174 valence electrons. The number of fused-ring (bicyclic) bond motifs is 1. The van der Waals surface area contributed by atoms with Crippen molar-refractivity contribution in [3.05, 3.63) is 62.0 Å². The first kappa shape index (κ1) is 23.1. The highest BCUT2D eigenvalue weighted by atomic mass is 32.1. The lowest BCUT2D eigenvalue weighted by Gasteiger charge is -2.13. The fourth-order valence-corrected chi connectivity index (χ4v) is 4.56. The van der Waals surface area contributed by atoms with Gasteiger partial charge in [-0.2, -0.15) is 4.98 Å². The third-order valence-electron chi connectivity index (χ3n) is 5.56. The molecule has 0 aromatic carbocycles. The van der Waals surface area contributed by atoms with Gasteiger partial charge in [0.1, 0.15) is 11.2 Å². The smallest absolute Gasteiger partial charge is 0.328 e. The Bertz CT molecular complexity index is 1220. The van der Waals surface area contributed by atoms with Crippen LogP contribution in [0.15, 0.2) is 34.6 Å². The number of nitrogens with zero attached hydrogens (tertiary/aromatic N) is 3. The van der Waals surface area contributed by atoms with Crippen LogP contribution < -0.4 is 10.3 Å². The molecular formula is C24H27N3O5S. The zero-order valence-electron chi connectivity index (χ0n) is 18.7. The van der Waals surface area contributed by atoms with Gasteiger partial charge < -0.3 is 14.6 Å². The minimum atomic E-state index is -1.15. The van der Waals surface area contributed by atoms with Gasteiger partial charge in [-0.3, -0.25) is 9.20 Å². The van der Waals surface area contributed by atoms with Crippen LogP contribution in [0.4, 0.5) is 0 Å². The number of thiazole rings is 1. The SMILES string of the molecule is CC(C)c1csc(CCc2ccn3c(=O)c(C=CC(=O)O)c(OCC4CCOC4)nc3c2)n1. The van der Waals surface area contributed by atoms with Crippen LogP contribution in [-0.2, 0) is 22.4 Å². The Labute approximate surface area is 195 Å². The highest BCUT2D eigenvalue weighted by molar-refractivity contribution is 7.09. The van der Waals surface area contributed by atoms with Gasteiger partial charge in [0.2, 0.25) is 5.88 Å². The number of hydrogen-bond acceptors (Lipinski definition) is 7. The van der Waals surface area contributed by atoms with E-state index in [1.165, 1.54) is 10.5 Å². The first-order valence-electron chi connectivity index (χ1n) is 11.0. The maximum Gasteiger partial charge on any atom is 0.328 e. The van der Waals surface area contributed by atoms with Crippen LogP contribution in [0.1, 0.15) is 48.0 Å². The lowest BCUT2D eigenvalue weighted by atomic mass is 10.1. The summed E-state index contributed by atoms with van der Waals surface area (Å²) in [7, 11) is 0. The van der Waals surface area contributed by atoms with E-state index in [0.29, 0.717) is 31.4 Å². The first-order valence-corrected chi connectivity index (χ1v) is 11.9. The Hall–Kier alpha value is -3.04. The third kappa shape index (κ3) is 5.66. The first-order chi connectivity index (χ1) is 15.9. The average molecular weight is 470 g/mol. The van der Waals surface area contributed by atoms with Gasteiger partial charge in [0, 0.05) is 36.6 Å². The zero-order chi connectivity index (χ0) is 23.4. The van der Waals surface area contributed by atoms with Crippen LogP contribution in [0.5, 0.6) is 5.88 Å². The summed E-state index contributed by atoms with van der Waals surface area (Å²) in [5.74, 6) is -0.372. The fraction of sp³-hybridized carbons (Fsp3) is 0.417. The summed E-state index contributed by atoms with van der Waals surface area (Å²) in [4.78, 5) is 33.3. The molecule has 1 unspecified atom stereocenters. The van der Waals surface area contributed by atoms with Crippen LogP contribution in [0.2, 0.25) is 0 Å². The summed E-state index contributed by atoms with van der Waals surface area (Å²) in [6, 6.07) is 3.75. The summed E-state index contributed by atoms with van der Waals surface area (Å²) in [6.07, 6.45) is 6.30. The number of carbonyl (C=O) groups is 1. The number of ether oxygens (including phenoxy) is 2. The topological polar surface area (TPSA) is 103 Å². The van der Waals surface area contributed by atoms with E-state index < -0.39 is 5.97 Å². The molecule has 9 heteroatoms. The van der Waals surface area contributed by atoms with E-state index in [-0.39, 0.29) is 22.9 Å². The van der Waals surface area contributed by atoms with E-state index in [1.54, 1.807) is 17.5 Å². The highest BCUT2D eigenvalue weighted by Crippen LogP contribution is 2.21. The molecule has 3 aromatic heterocycles. The van der Waals surface area contributed by atoms with Crippen LogP contribution in [0.25, 0.3) is 11.7 Å². The van der Waals surface area contributed by atoms with Crippen molar-refractivity contribution in [2.75, 3.05) is 19.8 Å². The Balaban J connectivity index is 1.60. The van der Waals surface area contributed by atoms with Gasteiger partial charge in [-0.15, -0.1) is 11.3 Å². The monoisotopic (exact) mass is 469 g/mol. The number of aliphatic carboxylic acids is 1. The number of hydrogen-bond donors (Lipinski definition) is 1. The van der Waals surface area contributed by atoms with E-state index in [1.807, 2.05) is 12.1 Å². The molecule has 3 aromatic rings. The fourth-order valence-electron chi connectivity index (χ4n) is 3.60. The third-order valence-corrected chi connectivity index (χ3v) is 6.48. The van der Waals surface area contributed by atoms with Gasteiger partial charge in [-0.05, 0) is 42.5 Å². The Morgan fingerprint density at radius 1 is 1.39 bits per heavy atom. The molecule has 0 amide bonds. The quantitative estimate of drug-likeness (QED) is 0.478. The largest absolute Gasteiger partial charge is 0.478 e. The molecular weight excluding hydrogens is 442 g/mol. The summed E-state index contributed by atoms with van der Waals surface area (Å²) >= 11 is 1.67. The number of carboxylic acids is 1. The molecule has 1 atom stereocenters. The molecule has 0 aliphatic carbocycles. The van der Waals surface area contributed by atoms with Crippen LogP contribution in [0.3, 0.4) is 0 Å². The Kier molecular flexibility index (Phi) is 7.20. The van der Waals surface area contributed by atoms with Gasteiger partial charge in [0.05, 0.1) is 23.9 Å². The lowest BCUT2D eigenvalue weighted by molar-refractivity contribution is -0.131. The molecule has 1 fully saturated rings. The van der Waals surface area contributed by atoms with E-state index >= 15 is 0 Å². The van der Waals surface area contributed by atoms with Crippen LogP contribution in [0, 0.1) is 5.92 Å². The zero-order valence-corrected chi connectivity index (χ0v) is 19.5. The molecule has 0 bridgehead atoms. The predicted octanol–water partition coefficient (Wildman–Crippen LogP) is 3.57. The molecule has 4 rings (SSSR count). The van der Waals surface area contributed by atoms with Crippen molar-refractivity contribution in [1.29, 1.82) is 0 Å². The molecule has 0 radical (unpaired) electrons. The van der Waals surface area contributed by atoms with Crippen molar-refractivity contribution in [3.63, 3.8) is 0 Å². The molecule has 4 heterocycles. The summed E-state index contributed by atoms with van der Waals surface area (Å²) < 4.78 is 12.7. The predicted molar refractivity (Wildman–Crippen MR) is 126 cm³/mol. The van der Waals surface area contributed by atoms with E-state index in [0.717, 1.165) is 41.6 Å². The summed E-state index contributed by atoms with van der Waals surface area (Å²) in [5.41, 5.74) is 2.35. The van der Waals surface area contributed by atoms with Crippen molar-refractivity contribution in [1.82, 2.24) is 14.4 Å². The number of carboxylic acid groups (broad SMARTS) is 1. The molecule has 1 aliphatic rings. The molecule has 33 heavy (non-hydrogen) atoms. The van der Waals surface area contributed by atoms with Crippen LogP contribution in [-0.4, -0.2) is 45.3 Å². The second-order valence-corrected chi connectivity index (χ2v) is 9.37. The Morgan fingerprint density at radius 2 is 2.24 bits per heavy atom. The van der Waals surface area contributed by atoms with Crippen molar-refractivity contribution in [2.45, 2.75) is 39.0 Å². The normalized spacial score (nSPS) is 16.3. The number of aromatic nitrogens is 3. The minimum Gasteiger partial charge on any atom is -0.478 e. The molecule has 8 nitrogen and oxygen atoms in total. The molecule has 1 N–H and O–H groups in total. The molecule has 0 saturated carbocycles. The molecule has 1 saturated heterocycles. The van der Waals surface area contributed by atoms with Gasteiger partial charge in [-0.25, -0.2) is 9.78 Å². The lowest BCUT2D eigenvalue weighted by Crippen LogP contribution is -2.21. The maximum absolute atomic E-state index is 13.1. The highest BCUT2D eigenvalue weighted by Gasteiger charge is 2.19. The number of aryl methyl sites for hydroxylation is 2. The minimum absolute atomic E-state index is 0.116. The van der Waals surface area contributed by atoms with Crippen molar-refractivity contribution >= 4 is 29.0 Å². The van der Waals surface area contributed by atoms with E-state index in [9.17, 15) is 9.59 Å². The Morgan fingerprint density at radius 3 is 2.94 bits per heavy atom. The number of pyridine rings is 1. The second kappa shape index (κ2) is 10.3. The van der Waals surface area contributed by atoms with Crippen molar-refractivity contribution in [3.8, 4) is 5.88 Å². The summed E-state index contributed by atoms with van der Waals surface area (Å²) in [6.45, 7) is 5.91. The van der Waals surface area contributed by atoms with Gasteiger partial charge in [0.25, 0.3) is 5.56 Å². The van der Waals surface area contributed by atoms with Crippen molar-refractivity contribution in [2.24, 2.45) is 5.92 Å².